The second kappa shape index (κ2) is 4.37. The normalized spacial score (nSPS) is 11.8. The van der Waals surface area contributed by atoms with Crippen molar-refractivity contribution in [2.24, 2.45) is 0 Å². The van der Waals surface area contributed by atoms with Gasteiger partial charge in [-0.1, -0.05) is 6.07 Å². The summed E-state index contributed by atoms with van der Waals surface area (Å²) in [5, 5.41) is 6.03. The summed E-state index contributed by atoms with van der Waals surface area (Å²) < 4.78 is 54.4. The molecule has 0 aliphatic rings. The van der Waals surface area contributed by atoms with Crippen molar-refractivity contribution in [1.29, 1.82) is 0 Å². The van der Waals surface area contributed by atoms with Crippen LogP contribution in [0, 0.1) is 5.82 Å². The molecule has 96 valence electrons. The van der Waals surface area contributed by atoms with E-state index in [2.05, 4.69) is 14.6 Å². The minimum Gasteiger partial charge on any atom is -0.674 e. The molecule has 18 heavy (non-hydrogen) atoms. The van der Waals surface area contributed by atoms with E-state index in [1.807, 2.05) is 0 Å². The van der Waals surface area contributed by atoms with Gasteiger partial charge in [0.05, 0.1) is 0 Å². The number of nitrogens with one attached hydrogen (secondary N) is 1. The average molecular weight is 260 g/mol. The van der Waals surface area contributed by atoms with Crippen molar-refractivity contribution in [3.05, 3.63) is 41.2 Å². The van der Waals surface area contributed by atoms with E-state index in [0.29, 0.717) is 0 Å². The van der Waals surface area contributed by atoms with Crippen molar-refractivity contribution in [3.63, 3.8) is 0 Å². The lowest BCUT2D eigenvalue weighted by Crippen LogP contribution is -2.04. The Morgan fingerprint density at radius 1 is 1.22 bits per heavy atom. The zero-order valence-electron chi connectivity index (χ0n) is 8.75. The highest BCUT2D eigenvalue weighted by Crippen LogP contribution is 2.30. The highest BCUT2D eigenvalue weighted by atomic mass is 19.4. The molecule has 0 spiro atoms. The molecule has 1 N–H and O–H groups in total. The van der Waals surface area contributed by atoms with Crippen LogP contribution in [0.15, 0.2) is 22.6 Å². The molecule has 0 amide bonds. The first-order valence-corrected chi connectivity index (χ1v) is 4.76. The molecule has 0 fully saturated rings. The van der Waals surface area contributed by atoms with E-state index in [-0.39, 0.29) is 17.7 Å². The first-order valence-electron chi connectivity index (χ1n) is 4.76. The van der Waals surface area contributed by atoms with E-state index in [0.717, 1.165) is 6.07 Å². The lowest BCUT2D eigenvalue weighted by molar-refractivity contribution is -0.156. The number of hydrogen-bond acceptors (Lipinski definition) is 3. The van der Waals surface area contributed by atoms with Crippen LogP contribution in [0.2, 0.25) is 0 Å². The first-order chi connectivity index (χ1) is 8.41. The van der Waals surface area contributed by atoms with Crippen LogP contribution in [0.1, 0.15) is 11.5 Å². The van der Waals surface area contributed by atoms with Crippen molar-refractivity contribution >= 4 is 0 Å². The molecule has 4 nitrogen and oxygen atoms in total. The van der Waals surface area contributed by atoms with E-state index in [1.165, 1.54) is 12.1 Å². The third kappa shape index (κ3) is 2.33. The lowest BCUT2D eigenvalue weighted by Gasteiger charge is -2.04. The minimum absolute atomic E-state index is 0.0349. The minimum atomic E-state index is -4.73. The topological polar surface area (TPSA) is 62.7 Å². The molecule has 1 aromatic heterocycles. The molecule has 0 aliphatic carbocycles. The first kappa shape index (κ1) is 12.5. The van der Waals surface area contributed by atoms with Gasteiger partial charge in [-0.2, -0.15) is 13.2 Å². The summed E-state index contributed by atoms with van der Waals surface area (Å²) >= 11 is 0. The zero-order valence-corrected chi connectivity index (χ0v) is 8.75. The number of nitrogens with zero attached hydrogens (tertiary/aromatic N) is 2. The fraction of sp³-hybridized carbons (Fsp3) is 0.200. The summed E-state index contributed by atoms with van der Waals surface area (Å²) in [7, 11) is 0. The fourth-order valence-electron chi connectivity index (χ4n) is 1.28. The number of aromatic nitrogens is 2. The second-order valence-electron chi connectivity index (χ2n) is 3.39. The van der Waals surface area contributed by atoms with Gasteiger partial charge >= 0.3 is 12.1 Å². The molecule has 2 rings (SSSR count). The van der Waals surface area contributed by atoms with Gasteiger partial charge in [-0.05, 0) is 17.7 Å². The number of alkyl halides is 3. The molecule has 1 heterocycles. The Bertz CT molecular complexity index is 564. The summed E-state index contributed by atoms with van der Waals surface area (Å²) in [6.45, 7) is -0.260. The predicted octanol–water partition coefficient (Wildman–Crippen LogP) is 3.45. The Labute approximate surface area is 98.4 Å². The van der Waals surface area contributed by atoms with Gasteiger partial charge in [-0.15, -0.1) is 16.7 Å². The smallest absolute Gasteiger partial charge is 0.470 e. The van der Waals surface area contributed by atoms with Gasteiger partial charge in [-0.3, -0.25) is 0 Å². The monoisotopic (exact) mass is 260 g/mol. The maximum absolute atomic E-state index is 13.3. The van der Waals surface area contributed by atoms with E-state index in [9.17, 15) is 17.6 Å². The van der Waals surface area contributed by atoms with Crippen LogP contribution in [-0.2, 0) is 12.7 Å². The van der Waals surface area contributed by atoms with Crippen LogP contribution in [0.3, 0.4) is 0 Å². The third-order valence-electron chi connectivity index (χ3n) is 2.16. The fourth-order valence-corrected chi connectivity index (χ4v) is 1.28. The SMILES string of the molecule is [NH-]Cc1ccc(-c2nnc(C(F)(F)F)o2)cc1F. The van der Waals surface area contributed by atoms with Crippen molar-refractivity contribution in [3.8, 4) is 11.5 Å². The highest BCUT2D eigenvalue weighted by Gasteiger charge is 2.38. The number of halogens is 4. The maximum Gasteiger partial charge on any atom is 0.470 e. The quantitative estimate of drug-likeness (QED) is 0.777. The molecule has 0 radical (unpaired) electrons. The third-order valence-corrected chi connectivity index (χ3v) is 2.16. The lowest BCUT2D eigenvalue weighted by atomic mass is 10.1. The molecular formula is C10H6F4N3O-. The summed E-state index contributed by atoms with van der Waals surface area (Å²) in [6, 6.07) is 3.56. The van der Waals surface area contributed by atoms with Crippen LogP contribution < -0.4 is 0 Å². The molecular weight excluding hydrogens is 254 g/mol. The largest absolute Gasteiger partial charge is 0.674 e. The molecule has 0 saturated heterocycles. The molecule has 8 heteroatoms. The average Bonchev–Trinajstić information content (AvgIpc) is 2.77. The standard InChI is InChI=1S/C10H6F4N3O/c11-7-3-5(1-2-6(7)4-15)8-16-17-9(18-8)10(12,13)14/h1-3,15H,4H2/q-1. The van der Waals surface area contributed by atoms with Crippen molar-refractivity contribution < 1.29 is 22.0 Å². The van der Waals surface area contributed by atoms with Gasteiger partial charge in [0, 0.05) is 5.56 Å². The van der Waals surface area contributed by atoms with E-state index >= 15 is 0 Å². The van der Waals surface area contributed by atoms with Crippen LogP contribution in [0.25, 0.3) is 17.2 Å². The van der Waals surface area contributed by atoms with Crippen molar-refractivity contribution in [2.45, 2.75) is 12.7 Å². The zero-order chi connectivity index (χ0) is 13.3. The maximum atomic E-state index is 13.3. The molecule has 0 bridgehead atoms. The van der Waals surface area contributed by atoms with Gasteiger partial charge < -0.3 is 10.2 Å². The van der Waals surface area contributed by atoms with E-state index < -0.39 is 23.8 Å². The van der Waals surface area contributed by atoms with Crippen LogP contribution >= 0.6 is 0 Å². The number of hydrogen-bond donors (Lipinski definition) is 0. The predicted molar refractivity (Wildman–Crippen MR) is 52.7 cm³/mol. The Morgan fingerprint density at radius 2 is 1.94 bits per heavy atom. The molecule has 0 saturated carbocycles. The number of benzene rings is 1. The van der Waals surface area contributed by atoms with Gasteiger partial charge in [0.15, 0.2) is 0 Å². The summed E-state index contributed by atoms with van der Waals surface area (Å²) in [5.74, 6) is -2.60. The second-order valence-corrected chi connectivity index (χ2v) is 3.39. The van der Waals surface area contributed by atoms with Crippen LogP contribution in [-0.4, -0.2) is 10.2 Å². The summed E-state index contributed by atoms with van der Waals surface area (Å²) in [6.07, 6.45) is -4.73. The van der Waals surface area contributed by atoms with Gasteiger partial charge in [0.25, 0.3) is 0 Å². The molecule has 2 aromatic rings. The van der Waals surface area contributed by atoms with E-state index in [4.69, 9.17) is 5.73 Å². The van der Waals surface area contributed by atoms with Crippen LogP contribution in [0.5, 0.6) is 0 Å². The summed E-state index contributed by atoms with van der Waals surface area (Å²) in [4.78, 5) is 0. The molecule has 0 atom stereocenters. The summed E-state index contributed by atoms with van der Waals surface area (Å²) in [5.41, 5.74) is 7.17. The molecule has 0 unspecified atom stereocenters. The van der Waals surface area contributed by atoms with Crippen molar-refractivity contribution in [2.75, 3.05) is 0 Å². The Morgan fingerprint density at radius 3 is 2.44 bits per heavy atom. The molecule has 1 aromatic carbocycles. The van der Waals surface area contributed by atoms with Crippen molar-refractivity contribution in [1.82, 2.24) is 10.2 Å². The van der Waals surface area contributed by atoms with Crippen LogP contribution in [0.4, 0.5) is 17.6 Å². The van der Waals surface area contributed by atoms with E-state index in [1.54, 1.807) is 0 Å². The Hall–Kier alpha value is -1.96. The Kier molecular flexibility index (Phi) is 3.04. The number of rotatable bonds is 2. The van der Waals surface area contributed by atoms with Gasteiger partial charge in [0.2, 0.25) is 5.89 Å². The van der Waals surface area contributed by atoms with Gasteiger partial charge in [0.1, 0.15) is 5.82 Å². The molecule has 0 aliphatic heterocycles. The van der Waals surface area contributed by atoms with Gasteiger partial charge in [-0.25, -0.2) is 4.39 Å². The Balaban J connectivity index is 2.38. The highest BCUT2D eigenvalue weighted by molar-refractivity contribution is 5.53.